The Morgan fingerprint density at radius 3 is 3.00 bits per heavy atom. The summed E-state index contributed by atoms with van der Waals surface area (Å²) >= 11 is 0. The highest BCUT2D eigenvalue weighted by Gasteiger charge is 2.08. The van der Waals surface area contributed by atoms with Gasteiger partial charge in [-0.2, -0.15) is 0 Å². The minimum absolute atomic E-state index is 0.00820. The van der Waals surface area contributed by atoms with Crippen LogP contribution in [-0.4, -0.2) is 12.4 Å². The van der Waals surface area contributed by atoms with Crippen LogP contribution in [0.5, 0.6) is 5.75 Å². The fraction of sp³-hybridized carbons (Fsp3) is 0.182. The lowest BCUT2D eigenvalue weighted by Crippen LogP contribution is -2.06. The van der Waals surface area contributed by atoms with Gasteiger partial charge >= 0.3 is 0 Å². The topological polar surface area (TPSA) is 26.3 Å². The van der Waals surface area contributed by atoms with Gasteiger partial charge in [0.05, 0.1) is 0 Å². The second kappa shape index (κ2) is 3.05. The molecular weight excluding hydrogens is 164 g/mol. The largest absolute Gasteiger partial charge is 0.485 e. The third-order valence-electron chi connectivity index (χ3n) is 1.99. The molecule has 0 saturated heterocycles. The van der Waals surface area contributed by atoms with E-state index in [0.717, 1.165) is 16.9 Å². The maximum absolute atomic E-state index is 11.0. The molecule has 0 spiro atoms. The van der Waals surface area contributed by atoms with Gasteiger partial charge in [0.2, 0.25) is 0 Å². The Hall–Kier alpha value is -1.57. The van der Waals surface area contributed by atoms with Crippen LogP contribution in [-0.2, 0) is 4.79 Å². The van der Waals surface area contributed by atoms with E-state index in [1.54, 1.807) is 12.2 Å². The summed E-state index contributed by atoms with van der Waals surface area (Å²) in [7, 11) is 0. The molecule has 0 aromatic heterocycles. The van der Waals surface area contributed by atoms with Crippen molar-refractivity contribution in [2.75, 3.05) is 6.61 Å². The summed E-state index contributed by atoms with van der Waals surface area (Å²) in [6.07, 6.45) is 3.35. The molecule has 0 aliphatic carbocycles. The molecular formula is C11H10O2. The average Bonchev–Trinajstić information content (AvgIpc) is 2.29. The molecule has 2 nitrogen and oxygen atoms in total. The van der Waals surface area contributed by atoms with Gasteiger partial charge in [0.1, 0.15) is 5.75 Å². The van der Waals surface area contributed by atoms with Gasteiger partial charge in [-0.15, -0.1) is 0 Å². The molecule has 1 aromatic carbocycles. The van der Waals surface area contributed by atoms with Gasteiger partial charge in [-0.05, 0) is 30.7 Å². The van der Waals surface area contributed by atoms with E-state index in [1.807, 2.05) is 25.1 Å². The van der Waals surface area contributed by atoms with Crippen LogP contribution in [0, 0.1) is 6.92 Å². The maximum Gasteiger partial charge on any atom is 0.193 e. The van der Waals surface area contributed by atoms with Crippen LogP contribution in [0.3, 0.4) is 0 Å². The van der Waals surface area contributed by atoms with E-state index < -0.39 is 0 Å². The van der Waals surface area contributed by atoms with E-state index in [9.17, 15) is 4.79 Å². The van der Waals surface area contributed by atoms with Crippen LogP contribution in [0.2, 0.25) is 0 Å². The molecule has 0 saturated carbocycles. The van der Waals surface area contributed by atoms with Crippen LogP contribution in [0.15, 0.2) is 24.3 Å². The number of ketones is 1. The summed E-state index contributed by atoms with van der Waals surface area (Å²) < 4.78 is 5.33. The van der Waals surface area contributed by atoms with Gasteiger partial charge in [-0.3, -0.25) is 4.79 Å². The molecule has 13 heavy (non-hydrogen) atoms. The molecule has 0 atom stereocenters. The van der Waals surface area contributed by atoms with E-state index >= 15 is 0 Å². The van der Waals surface area contributed by atoms with Crippen molar-refractivity contribution in [3.63, 3.8) is 0 Å². The molecule has 66 valence electrons. The molecule has 1 aliphatic heterocycles. The van der Waals surface area contributed by atoms with Crippen LogP contribution in [0.1, 0.15) is 11.1 Å². The Balaban J connectivity index is 2.46. The lowest BCUT2D eigenvalue weighted by atomic mass is 10.1. The van der Waals surface area contributed by atoms with Crippen molar-refractivity contribution in [3.8, 4) is 5.75 Å². The number of hydrogen-bond donors (Lipinski definition) is 0. The lowest BCUT2D eigenvalue weighted by Gasteiger charge is -2.05. The second-order valence-corrected chi connectivity index (χ2v) is 3.13. The van der Waals surface area contributed by atoms with Crippen molar-refractivity contribution in [2.24, 2.45) is 0 Å². The molecule has 1 heterocycles. The minimum Gasteiger partial charge on any atom is -0.485 e. The van der Waals surface area contributed by atoms with Gasteiger partial charge in [-0.25, -0.2) is 0 Å². The van der Waals surface area contributed by atoms with Gasteiger partial charge in [0.15, 0.2) is 12.4 Å². The highest BCUT2D eigenvalue weighted by Crippen LogP contribution is 2.23. The molecule has 0 bridgehead atoms. The predicted molar refractivity (Wildman–Crippen MR) is 50.7 cm³/mol. The van der Waals surface area contributed by atoms with Gasteiger partial charge < -0.3 is 4.74 Å². The van der Waals surface area contributed by atoms with Crippen molar-refractivity contribution >= 4 is 11.9 Å². The Morgan fingerprint density at radius 2 is 2.15 bits per heavy atom. The molecule has 1 aromatic rings. The summed E-state index contributed by atoms with van der Waals surface area (Å²) in [5.74, 6) is 0.802. The number of fused-ring (bicyclic) bond motifs is 1. The fourth-order valence-electron chi connectivity index (χ4n) is 1.28. The maximum atomic E-state index is 11.0. The van der Waals surface area contributed by atoms with Gasteiger partial charge in [0, 0.05) is 5.56 Å². The minimum atomic E-state index is 0.00820. The smallest absolute Gasteiger partial charge is 0.193 e. The quantitative estimate of drug-likeness (QED) is 0.601. The molecule has 0 amide bonds. The van der Waals surface area contributed by atoms with Crippen LogP contribution in [0.25, 0.3) is 6.08 Å². The first-order chi connectivity index (χ1) is 6.25. The zero-order valence-corrected chi connectivity index (χ0v) is 7.41. The SMILES string of the molecule is Cc1ccc2c(c1)OCC(=O)C=C2. The Morgan fingerprint density at radius 1 is 1.31 bits per heavy atom. The van der Waals surface area contributed by atoms with E-state index in [1.165, 1.54) is 0 Å². The number of hydrogen-bond acceptors (Lipinski definition) is 2. The molecule has 0 N–H and O–H groups in total. The van der Waals surface area contributed by atoms with Crippen LogP contribution >= 0.6 is 0 Å². The monoisotopic (exact) mass is 174 g/mol. The lowest BCUT2D eigenvalue weighted by molar-refractivity contribution is -0.116. The number of rotatable bonds is 0. The van der Waals surface area contributed by atoms with E-state index in [4.69, 9.17) is 4.74 Å². The first kappa shape index (κ1) is 8.05. The summed E-state index contributed by atoms with van der Waals surface area (Å²) in [6, 6.07) is 5.90. The standard InChI is InChI=1S/C11H10O2/c1-8-2-3-9-4-5-10(12)7-13-11(9)6-8/h2-6H,7H2,1H3. The Bertz CT molecular complexity index is 378. The van der Waals surface area contributed by atoms with Crippen molar-refractivity contribution in [1.82, 2.24) is 0 Å². The third-order valence-corrected chi connectivity index (χ3v) is 1.99. The number of carbonyl (C=O) groups excluding carboxylic acids is 1. The Labute approximate surface area is 76.8 Å². The molecule has 1 aliphatic rings. The van der Waals surface area contributed by atoms with Crippen molar-refractivity contribution < 1.29 is 9.53 Å². The summed E-state index contributed by atoms with van der Waals surface area (Å²) in [5, 5.41) is 0. The number of ether oxygens (including phenoxy) is 1. The van der Waals surface area contributed by atoms with Crippen LogP contribution < -0.4 is 4.74 Å². The normalized spacial score (nSPS) is 14.7. The zero-order chi connectivity index (χ0) is 9.26. The summed E-state index contributed by atoms with van der Waals surface area (Å²) in [4.78, 5) is 11.0. The molecule has 2 rings (SSSR count). The molecule has 0 radical (unpaired) electrons. The first-order valence-corrected chi connectivity index (χ1v) is 4.20. The predicted octanol–water partition coefficient (Wildman–Crippen LogP) is 1.97. The van der Waals surface area contributed by atoms with E-state index in [0.29, 0.717) is 0 Å². The molecule has 0 fully saturated rings. The second-order valence-electron chi connectivity index (χ2n) is 3.13. The van der Waals surface area contributed by atoms with E-state index in [2.05, 4.69) is 0 Å². The molecule has 2 heteroatoms. The molecule has 0 unspecified atom stereocenters. The number of carbonyl (C=O) groups is 1. The van der Waals surface area contributed by atoms with Crippen LogP contribution in [0.4, 0.5) is 0 Å². The van der Waals surface area contributed by atoms with E-state index in [-0.39, 0.29) is 12.4 Å². The Kier molecular flexibility index (Phi) is 1.89. The highest BCUT2D eigenvalue weighted by molar-refractivity contribution is 5.96. The average molecular weight is 174 g/mol. The number of aryl methyl sites for hydroxylation is 1. The summed E-state index contributed by atoms with van der Waals surface area (Å²) in [6.45, 7) is 2.15. The van der Waals surface area contributed by atoms with Gasteiger partial charge in [-0.1, -0.05) is 12.1 Å². The first-order valence-electron chi connectivity index (χ1n) is 4.20. The highest BCUT2D eigenvalue weighted by atomic mass is 16.5. The fourth-order valence-corrected chi connectivity index (χ4v) is 1.28. The number of benzene rings is 1. The van der Waals surface area contributed by atoms with Gasteiger partial charge in [0.25, 0.3) is 0 Å². The van der Waals surface area contributed by atoms with Crippen molar-refractivity contribution in [1.29, 1.82) is 0 Å². The van der Waals surface area contributed by atoms with Crippen molar-refractivity contribution in [3.05, 3.63) is 35.4 Å². The summed E-state index contributed by atoms with van der Waals surface area (Å²) in [5.41, 5.74) is 2.11. The van der Waals surface area contributed by atoms with Crippen molar-refractivity contribution in [2.45, 2.75) is 6.92 Å². The zero-order valence-electron chi connectivity index (χ0n) is 7.41. The third kappa shape index (κ3) is 1.61.